The van der Waals surface area contributed by atoms with E-state index in [0.29, 0.717) is 16.9 Å². The topological polar surface area (TPSA) is 20.2 Å². The van der Waals surface area contributed by atoms with Gasteiger partial charge in [-0.2, -0.15) is 0 Å². The van der Waals surface area contributed by atoms with E-state index in [9.17, 15) is 5.11 Å². The molecule has 0 saturated heterocycles. The van der Waals surface area contributed by atoms with Gasteiger partial charge in [-0.3, -0.25) is 0 Å². The lowest BCUT2D eigenvalue weighted by atomic mass is 9.71. The zero-order valence-electron chi connectivity index (χ0n) is 10.6. The molecule has 2 unspecified atom stereocenters. The van der Waals surface area contributed by atoms with Crippen molar-refractivity contribution in [3.05, 3.63) is 34.9 Å². The van der Waals surface area contributed by atoms with Gasteiger partial charge in [0.1, 0.15) is 0 Å². The highest BCUT2D eigenvalue weighted by atomic mass is 35.5. The second-order valence-electron chi connectivity index (χ2n) is 5.61. The highest BCUT2D eigenvalue weighted by molar-refractivity contribution is 6.31. The van der Waals surface area contributed by atoms with Crippen molar-refractivity contribution < 1.29 is 5.11 Å². The van der Waals surface area contributed by atoms with Crippen LogP contribution >= 0.6 is 11.6 Å². The van der Waals surface area contributed by atoms with Crippen molar-refractivity contribution in [2.75, 3.05) is 0 Å². The molecule has 1 aliphatic rings. The van der Waals surface area contributed by atoms with Crippen LogP contribution in [-0.2, 0) is 5.60 Å². The largest absolute Gasteiger partial charge is 0.385 e. The molecule has 1 aromatic rings. The molecule has 1 nitrogen and oxygen atoms in total. The average molecular weight is 253 g/mol. The number of hydrogen-bond acceptors (Lipinski definition) is 1. The van der Waals surface area contributed by atoms with Crippen molar-refractivity contribution in [1.29, 1.82) is 0 Å². The van der Waals surface area contributed by atoms with Crippen molar-refractivity contribution in [2.45, 2.75) is 45.1 Å². The van der Waals surface area contributed by atoms with Gasteiger partial charge in [0.05, 0.1) is 5.60 Å². The Hall–Kier alpha value is -0.530. The molecule has 1 saturated carbocycles. The SMILES string of the molecule is CC(C)C1CCCC(O)(c2ccccc2Cl)C1. The minimum Gasteiger partial charge on any atom is -0.385 e. The summed E-state index contributed by atoms with van der Waals surface area (Å²) < 4.78 is 0. The van der Waals surface area contributed by atoms with Gasteiger partial charge in [-0.15, -0.1) is 0 Å². The Bertz CT molecular complexity index is 388. The Morgan fingerprint density at radius 2 is 2.06 bits per heavy atom. The molecule has 0 heterocycles. The first kappa shape index (κ1) is 12.9. The lowest BCUT2D eigenvalue weighted by molar-refractivity contribution is -0.0294. The van der Waals surface area contributed by atoms with Crippen LogP contribution in [0, 0.1) is 11.8 Å². The van der Waals surface area contributed by atoms with Crippen LogP contribution in [0.4, 0.5) is 0 Å². The Balaban J connectivity index is 2.27. The fourth-order valence-electron chi connectivity index (χ4n) is 2.95. The minimum absolute atomic E-state index is 0.602. The molecule has 2 atom stereocenters. The van der Waals surface area contributed by atoms with Crippen molar-refractivity contribution in [3.63, 3.8) is 0 Å². The predicted molar refractivity (Wildman–Crippen MR) is 72.1 cm³/mol. The van der Waals surface area contributed by atoms with Crippen LogP contribution in [0.15, 0.2) is 24.3 Å². The van der Waals surface area contributed by atoms with Gasteiger partial charge in [0, 0.05) is 10.6 Å². The summed E-state index contributed by atoms with van der Waals surface area (Å²) in [5.41, 5.74) is 0.193. The maximum Gasteiger partial charge on any atom is 0.0913 e. The summed E-state index contributed by atoms with van der Waals surface area (Å²) in [6.07, 6.45) is 3.99. The summed E-state index contributed by atoms with van der Waals surface area (Å²) in [6, 6.07) is 7.70. The first-order valence-electron chi connectivity index (χ1n) is 6.50. The molecule has 94 valence electrons. The first-order chi connectivity index (χ1) is 8.03. The molecule has 0 spiro atoms. The van der Waals surface area contributed by atoms with Crippen LogP contribution in [0.25, 0.3) is 0 Å². The Kier molecular flexibility index (Phi) is 3.79. The van der Waals surface area contributed by atoms with Gasteiger partial charge >= 0.3 is 0 Å². The molecule has 17 heavy (non-hydrogen) atoms. The molecular weight excluding hydrogens is 232 g/mol. The van der Waals surface area contributed by atoms with Gasteiger partial charge in [0.2, 0.25) is 0 Å². The van der Waals surface area contributed by atoms with Gasteiger partial charge in [0.15, 0.2) is 0 Å². The normalized spacial score (nSPS) is 29.6. The van der Waals surface area contributed by atoms with E-state index in [0.717, 1.165) is 24.8 Å². The van der Waals surface area contributed by atoms with E-state index in [1.807, 2.05) is 24.3 Å². The summed E-state index contributed by atoms with van der Waals surface area (Å²) in [5, 5.41) is 11.6. The lowest BCUT2D eigenvalue weighted by Gasteiger charge is -2.39. The Morgan fingerprint density at radius 3 is 2.71 bits per heavy atom. The summed E-state index contributed by atoms with van der Waals surface area (Å²) in [7, 11) is 0. The molecule has 1 N–H and O–H groups in total. The van der Waals surface area contributed by atoms with E-state index < -0.39 is 5.60 Å². The van der Waals surface area contributed by atoms with Crippen molar-refractivity contribution in [2.24, 2.45) is 11.8 Å². The van der Waals surface area contributed by atoms with Crippen LogP contribution in [0.1, 0.15) is 45.1 Å². The smallest absolute Gasteiger partial charge is 0.0913 e. The summed E-state index contributed by atoms with van der Waals surface area (Å²) in [4.78, 5) is 0. The van der Waals surface area contributed by atoms with Crippen LogP contribution in [0.3, 0.4) is 0 Å². The zero-order chi connectivity index (χ0) is 12.5. The second kappa shape index (κ2) is 4.99. The van der Waals surface area contributed by atoms with Crippen LogP contribution in [-0.4, -0.2) is 5.11 Å². The molecular formula is C15H21ClO. The predicted octanol–water partition coefficient (Wildman–Crippen LogP) is 4.37. The third kappa shape index (κ3) is 2.66. The third-order valence-electron chi connectivity index (χ3n) is 4.08. The van der Waals surface area contributed by atoms with Crippen molar-refractivity contribution in [1.82, 2.24) is 0 Å². The van der Waals surface area contributed by atoms with Crippen molar-refractivity contribution >= 4 is 11.6 Å². The lowest BCUT2D eigenvalue weighted by Crippen LogP contribution is -2.34. The van der Waals surface area contributed by atoms with Crippen molar-refractivity contribution in [3.8, 4) is 0 Å². The Labute approximate surface area is 109 Å². The molecule has 1 aromatic carbocycles. The Morgan fingerprint density at radius 1 is 1.35 bits per heavy atom. The highest BCUT2D eigenvalue weighted by Gasteiger charge is 2.37. The summed E-state index contributed by atoms with van der Waals surface area (Å²) in [5.74, 6) is 1.23. The van der Waals surface area contributed by atoms with Gasteiger partial charge in [-0.25, -0.2) is 0 Å². The van der Waals surface area contributed by atoms with E-state index in [4.69, 9.17) is 11.6 Å². The molecule has 1 fully saturated rings. The van der Waals surface area contributed by atoms with E-state index in [1.54, 1.807) is 0 Å². The molecule has 0 aromatic heterocycles. The molecule has 1 aliphatic carbocycles. The van der Waals surface area contributed by atoms with Crippen LogP contribution in [0.2, 0.25) is 5.02 Å². The average Bonchev–Trinajstić information content (AvgIpc) is 2.29. The number of halogens is 1. The molecule has 2 rings (SSSR count). The fraction of sp³-hybridized carbons (Fsp3) is 0.600. The van der Waals surface area contributed by atoms with E-state index in [1.165, 1.54) is 6.42 Å². The van der Waals surface area contributed by atoms with Gasteiger partial charge < -0.3 is 5.11 Å². The van der Waals surface area contributed by atoms with Gasteiger partial charge in [0.25, 0.3) is 0 Å². The second-order valence-corrected chi connectivity index (χ2v) is 6.02. The number of aliphatic hydroxyl groups is 1. The van der Waals surface area contributed by atoms with Crippen LogP contribution < -0.4 is 0 Å². The molecule has 2 heteroatoms. The standard InChI is InChI=1S/C15H21ClO/c1-11(2)12-6-5-9-15(17,10-12)13-7-3-4-8-14(13)16/h3-4,7-8,11-12,17H,5-6,9-10H2,1-2H3. The van der Waals surface area contributed by atoms with Gasteiger partial charge in [-0.1, -0.05) is 43.6 Å². The van der Waals surface area contributed by atoms with E-state index in [-0.39, 0.29) is 0 Å². The molecule has 0 bridgehead atoms. The number of benzene rings is 1. The zero-order valence-corrected chi connectivity index (χ0v) is 11.4. The first-order valence-corrected chi connectivity index (χ1v) is 6.88. The maximum atomic E-state index is 10.9. The maximum absolute atomic E-state index is 10.9. The summed E-state index contributed by atoms with van der Waals surface area (Å²) >= 11 is 6.21. The number of hydrogen-bond donors (Lipinski definition) is 1. The number of rotatable bonds is 2. The quantitative estimate of drug-likeness (QED) is 0.829. The fourth-order valence-corrected chi connectivity index (χ4v) is 3.26. The molecule has 0 radical (unpaired) electrons. The molecule has 0 aliphatic heterocycles. The highest BCUT2D eigenvalue weighted by Crippen LogP contribution is 2.44. The van der Waals surface area contributed by atoms with E-state index in [2.05, 4.69) is 13.8 Å². The molecule has 0 amide bonds. The van der Waals surface area contributed by atoms with Gasteiger partial charge in [-0.05, 0) is 43.6 Å². The van der Waals surface area contributed by atoms with E-state index >= 15 is 0 Å². The van der Waals surface area contributed by atoms with Crippen LogP contribution in [0.5, 0.6) is 0 Å². The third-order valence-corrected chi connectivity index (χ3v) is 4.41. The minimum atomic E-state index is -0.717. The summed E-state index contributed by atoms with van der Waals surface area (Å²) in [6.45, 7) is 4.48. The monoisotopic (exact) mass is 252 g/mol.